The second-order valence-electron chi connectivity index (χ2n) is 5.04. The number of rotatable bonds is 5. The van der Waals surface area contributed by atoms with E-state index in [9.17, 15) is 13.2 Å². The van der Waals surface area contributed by atoms with Crippen LogP contribution in [-0.2, 0) is 21.4 Å². The highest BCUT2D eigenvalue weighted by molar-refractivity contribution is 9.11. The number of thioether (sulfide) groups is 1. The monoisotopic (exact) mass is 467 g/mol. The second kappa shape index (κ2) is 7.42. The quantitative estimate of drug-likeness (QED) is 0.730. The third-order valence-electron chi connectivity index (χ3n) is 3.37. The highest BCUT2D eigenvalue weighted by Gasteiger charge is 2.40. The zero-order valence-corrected chi connectivity index (χ0v) is 17.4. The van der Waals surface area contributed by atoms with E-state index < -0.39 is 16.1 Å². The summed E-state index contributed by atoms with van der Waals surface area (Å²) < 4.78 is 27.8. The summed E-state index contributed by atoms with van der Waals surface area (Å²) in [5.41, 5.74) is 0.785. The lowest BCUT2D eigenvalue weighted by molar-refractivity contribution is -0.124. The molecular weight excluding hydrogens is 454 g/mol. The van der Waals surface area contributed by atoms with Crippen LogP contribution in [-0.4, -0.2) is 41.3 Å². The van der Waals surface area contributed by atoms with Crippen molar-refractivity contribution in [3.05, 3.63) is 32.0 Å². The van der Waals surface area contributed by atoms with Gasteiger partial charge in [-0.3, -0.25) is 4.79 Å². The maximum Gasteiger partial charge on any atom is 0.254 e. The molecule has 0 bridgehead atoms. The minimum absolute atomic E-state index is 0.241. The first-order valence-corrected chi connectivity index (χ1v) is 12.0. The maximum absolute atomic E-state index is 12.8. The molecule has 3 rings (SSSR count). The van der Waals surface area contributed by atoms with Crippen molar-refractivity contribution < 1.29 is 13.2 Å². The van der Waals surface area contributed by atoms with E-state index in [1.165, 1.54) is 27.4 Å². The fraction of sp³-hybridized carbons (Fsp3) is 0.385. The Morgan fingerprint density at radius 2 is 2.29 bits per heavy atom. The van der Waals surface area contributed by atoms with E-state index in [0.29, 0.717) is 12.3 Å². The number of nitrogens with zero attached hydrogens (tertiary/aromatic N) is 2. The molecule has 24 heavy (non-hydrogen) atoms. The number of carbonyl (C=O) groups excluding carboxylic acids is 1. The largest absolute Gasteiger partial charge is 0.349 e. The normalized spacial score (nSPS) is 18.8. The first-order valence-electron chi connectivity index (χ1n) is 6.91. The van der Waals surface area contributed by atoms with Crippen LogP contribution in [0.1, 0.15) is 10.7 Å². The van der Waals surface area contributed by atoms with Gasteiger partial charge in [-0.25, -0.2) is 13.4 Å². The highest BCUT2D eigenvalue weighted by atomic mass is 79.9. The Morgan fingerprint density at radius 3 is 2.92 bits per heavy atom. The third kappa shape index (κ3) is 3.86. The summed E-state index contributed by atoms with van der Waals surface area (Å²) in [5, 5.41) is 5.61. The van der Waals surface area contributed by atoms with Gasteiger partial charge >= 0.3 is 0 Å². The zero-order chi connectivity index (χ0) is 17.3. The number of hydrogen-bond donors (Lipinski definition) is 1. The van der Waals surface area contributed by atoms with E-state index in [0.717, 1.165) is 25.8 Å². The van der Waals surface area contributed by atoms with Crippen LogP contribution in [0.2, 0.25) is 0 Å². The van der Waals surface area contributed by atoms with Crippen LogP contribution in [0.25, 0.3) is 0 Å². The standard InChI is InChI=1S/C13H14BrN3O3S4/c1-8-16-9(5-22-8)4-15-13(18)10-6-21-7-17(10)24(19,20)12-3-2-11(14)23-12/h2-3,5,10H,4,6-7H2,1H3,(H,15,18)/t10-/m1/s1. The molecule has 1 amide bonds. The number of thiazole rings is 1. The van der Waals surface area contributed by atoms with Gasteiger partial charge in [0.25, 0.3) is 10.0 Å². The Bertz CT molecular complexity index is 848. The first kappa shape index (κ1) is 18.3. The molecular formula is C13H14BrN3O3S4. The number of thiophene rings is 1. The van der Waals surface area contributed by atoms with Crippen molar-refractivity contribution in [2.75, 3.05) is 11.6 Å². The summed E-state index contributed by atoms with van der Waals surface area (Å²) in [6, 6.07) is 2.56. The number of halogens is 1. The molecule has 3 heterocycles. The zero-order valence-electron chi connectivity index (χ0n) is 12.6. The van der Waals surface area contributed by atoms with Gasteiger partial charge < -0.3 is 5.32 Å². The lowest BCUT2D eigenvalue weighted by Crippen LogP contribution is -2.46. The first-order chi connectivity index (χ1) is 11.4. The average Bonchev–Trinajstić information content (AvgIpc) is 3.25. The molecule has 0 spiro atoms. The number of aromatic nitrogens is 1. The average molecular weight is 468 g/mol. The van der Waals surface area contributed by atoms with Crippen molar-refractivity contribution in [1.82, 2.24) is 14.6 Å². The summed E-state index contributed by atoms with van der Waals surface area (Å²) in [5.74, 6) is 0.448. The number of sulfonamides is 1. The SMILES string of the molecule is Cc1nc(CNC(=O)[C@H]2CSCN2S(=O)(=O)c2ccc(Br)s2)cs1. The molecule has 1 saturated heterocycles. The number of amides is 1. The number of hydrogen-bond acceptors (Lipinski definition) is 7. The minimum atomic E-state index is -3.66. The Kier molecular flexibility index (Phi) is 5.67. The molecule has 0 aromatic carbocycles. The topological polar surface area (TPSA) is 79.4 Å². The molecule has 130 valence electrons. The summed E-state index contributed by atoms with van der Waals surface area (Å²) >= 11 is 7.38. The van der Waals surface area contributed by atoms with Crippen LogP contribution in [0.3, 0.4) is 0 Å². The van der Waals surface area contributed by atoms with Gasteiger partial charge in [0.1, 0.15) is 10.3 Å². The lowest BCUT2D eigenvalue weighted by atomic mass is 10.3. The van der Waals surface area contributed by atoms with E-state index in [1.54, 1.807) is 12.1 Å². The van der Waals surface area contributed by atoms with Gasteiger partial charge in [0.2, 0.25) is 5.91 Å². The van der Waals surface area contributed by atoms with Crippen LogP contribution in [0.15, 0.2) is 25.5 Å². The third-order valence-corrected chi connectivity index (χ3v) is 9.31. The van der Waals surface area contributed by atoms with E-state index in [4.69, 9.17) is 0 Å². The van der Waals surface area contributed by atoms with Crippen molar-refractivity contribution in [2.24, 2.45) is 0 Å². The predicted octanol–water partition coefficient (Wildman–Crippen LogP) is 2.66. The Labute approximate surface area is 160 Å². The molecule has 1 N–H and O–H groups in total. The second-order valence-corrected chi connectivity index (χ2v) is 11.7. The van der Waals surface area contributed by atoms with Gasteiger partial charge in [-0.1, -0.05) is 0 Å². The van der Waals surface area contributed by atoms with E-state index in [2.05, 4.69) is 26.2 Å². The predicted molar refractivity (Wildman–Crippen MR) is 101 cm³/mol. The fourth-order valence-electron chi connectivity index (χ4n) is 2.21. The molecule has 0 unspecified atom stereocenters. The van der Waals surface area contributed by atoms with Gasteiger partial charge in [0.05, 0.1) is 26.9 Å². The molecule has 6 nitrogen and oxygen atoms in total. The van der Waals surface area contributed by atoms with Gasteiger partial charge in [0.15, 0.2) is 0 Å². The number of carbonyl (C=O) groups is 1. The molecule has 0 saturated carbocycles. The van der Waals surface area contributed by atoms with Gasteiger partial charge in [-0.2, -0.15) is 4.31 Å². The molecule has 1 atom stereocenters. The highest BCUT2D eigenvalue weighted by Crippen LogP contribution is 2.33. The van der Waals surface area contributed by atoms with E-state index >= 15 is 0 Å². The number of nitrogens with one attached hydrogen (secondary N) is 1. The Balaban J connectivity index is 1.71. The van der Waals surface area contributed by atoms with Crippen molar-refractivity contribution in [1.29, 1.82) is 0 Å². The van der Waals surface area contributed by atoms with Gasteiger partial charge in [-0.05, 0) is 35.0 Å². The minimum Gasteiger partial charge on any atom is -0.349 e. The van der Waals surface area contributed by atoms with Gasteiger partial charge in [0, 0.05) is 11.1 Å². The molecule has 0 aliphatic carbocycles. The van der Waals surface area contributed by atoms with Crippen LogP contribution >= 0.6 is 50.4 Å². The summed E-state index contributed by atoms with van der Waals surface area (Å²) in [4.78, 5) is 16.7. The molecule has 11 heteroatoms. The molecule has 2 aromatic rings. The van der Waals surface area contributed by atoms with Crippen LogP contribution in [0.4, 0.5) is 0 Å². The maximum atomic E-state index is 12.8. The summed E-state index contributed by atoms with van der Waals surface area (Å²) in [7, 11) is -3.66. The molecule has 1 aliphatic rings. The van der Waals surface area contributed by atoms with Crippen molar-refractivity contribution in [3.8, 4) is 0 Å². The van der Waals surface area contributed by atoms with Crippen LogP contribution in [0.5, 0.6) is 0 Å². The molecule has 1 aliphatic heterocycles. The van der Waals surface area contributed by atoms with Crippen molar-refractivity contribution >= 4 is 66.3 Å². The molecule has 2 aromatic heterocycles. The summed E-state index contributed by atoms with van der Waals surface area (Å²) in [6.45, 7) is 2.21. The summed E-state index contributed by atoms with van der Waals surface area (Å²) in [6.07, 6.45) is 0. The number of aryl methyl sites for hydroxylation is 1. The van der Waals surface area contributed by atoms with Crippen LogP contribution in [0, 0.1) is 6.92 Å². The van der Waals surface area contributed by atoms with E-state index in [-0.39, 0.29) is 16.0 Å². The van der Waals surface area contributed by atoms with E-state index in [1.807, 2.05) is 12.3 Å². The molecule has 1 fully saturated rings. The lowest BCUT2D eigenvalue weighted by Gasteiger charge is -2.21. The van der Waals surface area contributed by atoms with Crippen LogP contribution < -0.4 is 5.32 Å². The fourth-order valence-corrected chi connectivity index (χ4v) is 8.11. The van der Waals surface area contributed by atoms with Crippen molar-refractivity contribution in [2.45, 2.75) is 23.7 Å². The van der Waals surface area contributed by atoms with Crippen molar-refractivity contribution in [3.63, 3.8) is 0 Å². The van der Waals surface area contributed by atoms with Gasteiger partial charge in [-0.15, -0.1) is 34.4 Å². The smallest absolute Gasteiger partial charge is 0.254 e. The Hall–Kier alpha value is -0.460. The molecule has 0 radical (unpaired) electrons. The Morgan fingerprint density at radius 1 is 1.50 bits per heavy atom.